The first-order chi connectivity index (χ1) is 7.35. The molecule has 0 aliphatic carbocycles. The zero-order valence-corrected chi connectivity index (χ0v) is 13.8. The fraction of sp³-hybridized carbons (Fsp3) is 1.00. The second kappa shape index (κ2) is 15.7. The first-order valence-electron chi connectivity index (χ1n) is 7.18. The van der Waals surface area contributed by atoms with Crippen LogP contribution in [0.15, 0.2) is 0 Å². The van der Waals surface area contributed by atoms with Gasteiger partial charge in [0.25, 0.3) is 0 Å². The Morgan fingerprint density at radius 3 is 1.31 bits per heavy atom. The zero-order valence-electron chi connectivity index (χ0n) is 11.7. The van der Waals surface area contributed by atoms with E-state index in [1.807, 2.05) is 4.90 Å². The number of hydrogen-bond donors (Lipinski definition) is 1. The van der Waals surface area contributed by atoms with Crippen molar-refractivity contribution in [3.63, 3.8) is 0 Å². The highest BCUT2D eigenvalue weighted by molar-refractivity contribution is 4.40. The van der Waals surface area contributed by atoms with E-state index < -0.39 is 0 Å². The Morgan fingerprint density at radius 2 is 0.938 bits per heavy atom. The van der Waals surface area contributed by atoms with Gasteiger partial charge in [-0.2, -0.15) is 0 Å². The summed E-state index contributed by atoms with van der Waals surface area (Å²) >= 11 is 0. The van der Waals surface area contributed by atoms with Crippen molar-refractivity contribution in [1.82, 2.24) is 0 Å². The predicted molar refractivity (Wildman–Crippen MR) is 69.5 cm³/mol. The molecule has 0 bridgehead atoms. The molecular weight excluding hydrogens is 309 g/mol. The van der Waals surface area contributed by atoms with Crippen molar-refractivity contribution in [2.45, 2.75) is 72.1 Å². The number of halogens is 1. The molecule has 1 nitrogen and oxygen atoms in total. The minimum atomic E-state index is 0. The highest BCUT2D eigenvalue weighted by atomic mass is 127. The topological polar surface area (TPSA) is 4.44 Å². The van der Waals surface area contributed by atoms with Gasteiger partial charge in [0.2, 0.25) is 0 Å². The average Bonchev–Trinajstić information content (AvgIpc) is 2.25. The van der Waals surface area contributed by atoms with Crippen LogP contribution in [0, 0.1) is 0 Å². The van der Waals surface area contributed by atoms with Crippen molar-refractivity contribution >= 4 is 0 Å². The summed E-state index contributed by atoms with van der Waals surface area (Å²) < 4.78 is 0. The molecule has 0 heterocycles. The van der Waals surface area contributed by atoms with Crippen LogP contribution in [0.4, 0.5) is 0 Å². The fourth-order valence-electron chi connectivity index (χ4n) is 2.05. The summed E-state index contributed by atoms with van der Waals surface area (Å²) in [6.45, 7) is 11.1. The molecule has 2 heteroatoms. The summed E-state index contributed by atoms with van der Waals surface area (Å²) in [6, 6.07) is 0. The van der Waals surface area contributed by atoms with E-state index in [0.717, 1.165) is 0 Å². The quantitative estimate of drug-likeness (QED) is 0.400. The molecule has 0 aliphatic rings. The molecular formula is C14H32IN. The summed E-state index contributed by atoms with van der Waals surface area (Å²) in [5.41, 5.74) is 0. The van der Waals surface area contributed by atoms with E-state index in [1.165, 1.54) is 71.0 Å². The van der Waals surface area contributed by atoms with Gasteiger partial charge in [-0.05, 0) is 32.1 Å². The lowest BCUT2D eigenvalue weighted by Crippen LogP contribution is -3.12. The average molecular weight is 341 g/mol. The van der Waals surface area contributed by atoms with Crippen LogP contribution in [-0.4, -0.2) is 19.6 Å². The van der Waals surface area contributed by atoms with Crippen LogP contribution in [0.2, 0.25) is 0 Å². The van der Waals surface area contributed by atoms with Crippen molar-refractivity contribution in [3.05, 3.63) is 0 Å². The third-order valence-corrected chi connectivity index (χ3v) is 3.15. The van der Waals surface area contributed by atoms with Crippen molar-refractivity contribution in [2.24, 2.45) is 0 Å². The Bertz CT molecular complexity index is 107. The van der Waals surface area contributed by atoms with Gasteiger partial charge in [-0.25, -0.2) is 0 Å². The van der Waals surface area contributed by atoms with E-state index in [0.29, 0.717) is 0 Å². The molecule has 0 saturated carbocycles. The number of quaternary nitrogens is 1. The zero-order chi connectivity index (χ0) is 11.4. The molecule has 0 atom stereocenters. The highest BCUT2D eigenvalue weighted by Crippen LogP contribution is 1.92. The third-order valence-electron chi connectivity index (χ3n) is 3.15. The molecule has 0 fully saturated rings. The molecule has 0 unspecified atom stereocenters. The molecule has 100 valence electrons. The summed E-state index contributed by atoms with van der Waals surface area (Å²) in [6.07, 6.45) is 11.2. The molecule has 0 spiro atoms. The van der Waals surface area contributed by atoms with Crippen LogP contribution in [0.25, 0.3) is 0 Å². The number of hydrogen-bond acceptors (Lipinski definition) is 0. The van der Waals surface area contributed by atoms with Gasteiger partial charge in [-0.3, -0.25) is 0 Å². The van der Waals surface area contributed by atoms with Crippen LogP contribution < -0.4 is 28.9 Å². The normalized spacial score (nSPS) is 10.5. The second-order valence-electron chi connectivity index (χ2n) is 4.77. The second-order valence-corrected chi connectivity index (χ2v) is 4.77. The smallest absolute Gasteiger partial charge is 0.0770 e. The Morgan fingerprint density at radius 1 is 0.562 bits per heavy atom. The van der Waals surface area contributed by atoms with Crippen molar-refractivity contribution in [3.8, 4) is 0 Å². The van der Waals surface area contributed by atoms with Crippen LogP contribution in [0.3, 0.4) is 0 Å². The molecule has 0 rings (SSSR count). The maximum atomic E-state index is 2.30. The Balaban J connectivity index is 0. The Hall–Kier alpha value is 0.690. The maximum Gasteiger partial charge on any atom is 0.0770 e. The van der Waals surface area contributed by atoms with E-state index in [2.05, 4.69) is 20.8 Å². The van der Waals surface area contributed by atoms with E-state index in [-0.39, 0.29) is 24.0 Å². The largest absolute Gasteiger partial charge is 1.00 e. The van der Waals surface area contributed by atoms with Gasteiger partial charge < -0.3 is 28.9 Å². The first-order valence-corrected chi connectivity index (χ1v) is 7.18. The molecule has 0 saturated heterocycles. The van der Waals surface area contributed by atoms with E-state index in [9.17, 15) is 0 Å². The molecule has 0 aromatic carbocycles. The van der Waals surface area contributed by atoms with Gasteiger partial charge in [0.1, 0.15) is 0 Å². The summed E-state index contributed by atoms with van der Waals surface area (Å²) in [5.74, 6) is 0. The standard InChI is InChI=1S/C14H31N.HI/c1-4-7-10-13-15(12-9-6-3)14-11-8-5-2;/h4-14H2,1-3H3;1H. The van der Waals surface area contributed by atoms with E-state index >= 15 is 0 Å². The van der Waals surface area contributed by atoms with Crippen LogP contribution >= 0.6 is 0 Å². The van der Waals surface area contributed by atoms with Gasteiger partial charge >= 0.3 is 0 Å². The molecule has 1 N–H and O–H groups in total. The third kappa shape index (κ3) is 12.8. The lowest BCUT2D eigenvalue weighted by atomic mass is 10.2. The van der Waals surface area contributed by atoms with Gasteiger partial charge in [-0.15, -0.1) is 0 Å². The van der Waals surface area contributed by atoms with Gasteiger partial charge in [0, 0.05) is 0 Å². The highest BCUT2D eigenvalue weighted by Gasteiger charge is 2.06. The predicted octanol–water partition coefficient (Wildman–Crippen LogP) is 0.0558. The summed E-state index contributed by atoms with van der Waals surface area (Å²) in [5, 5.41) is 0. The summed E-state index contributed by atoms with van der Waals surface area (Å²) in [7, 11) is 0. The SMILES string of the molecule is CCCCC[NH+](CCCC)CCCCC.[I-]. The van der Waals surface area contributed by atoms with Gasteiger partial charge in [0.15, 0.2) is 0 Å². The van der Waals surface area contributed by atoms with Crippen molar-refractivity contribution < 1.29 is 28.9 Å². The number of unbranched alkanes of at least 4 members (excludes halogenated alkanes) is 5. The van der Waals surface area contributed by atoms with Gasteiger partial charge in [-0.1, -0.05) is 40.0 Å². The Kier molecular flexibility index (Phi) is 18.7. The lowest BCUT2D eigenvalue weighted by molar-refractivity contribution is -0.900. The van der Waals surface area contributed by atoms with Crippen molar-refractivity contribution in [1.29, 1.82) is 0 Å². The maximum absolute atomic E-state index is 2.30. The number of rotatable bonds is 11. The van der Waals surface area contributed by atoms with Crippen LogP contribution in [0.1, 0.15) is 72.1 Å². The monoisotopic (exact) mass is 341 g/mol. The van der Waals surface area contributed by atoms with Crippen LogP contribution in [-0.2, 0) is 0 Å². The molecule has 16 heavy (non-hydrogen) atoms. The molecule has 0 aliphatic heterocycles. The Labute approximate surface area is 120 Å². The minimum absolute atomic E-state index is 0. The van der Waals surface area contributed by atoms with E-state index in [1.54, 1.807) is 0 Å². The fourth-order valence-corrected chi connectivity index (χ4v) is 2.05. The molecule has 0 amide bonds. The van der Waals surface area contributed by atoms with Gasteiger partial charge in [0.05, 0.1) is 19.6 Å². The number of nitrogens with one attached hydrogen (secondary N) is 1. The summed E-state index contributed by atoms with van der Waals surface area (Å²) in [4.78, 5) is 1.86. The lowest BCUT2D eigenvalue weighted by Gasteiger charge is -2.19. The molecule has 0 aromatic rings. The molecule has 0 aromatic heterocycles. The first kappa shape index (κ1) is 19.0. The minimum Gasteiger partial charge on any atom is -1.00 e. The van der Waals surface area contributed by atoms with Crippen molar-refractivity contribution in [2.75, 3.05) is 19.6 Å². The molecule has 0 radical (unpaired) electrons. The van der Waals surface area contributed by atoms with Crippen LogP contribution in [0.5, 0.6) is 0 Å². The van der Waals surface area contributed by atoms with E-state index in [4.69, 9.17) is 0 Å².